The monoisotopic (exact) mass is 374 g/mol. The summed E-state index contributed by atoms with van der Waals surface area (Å²) in [5, 5.41) is 6.14. The van der Waals surface area contributed by atoms with Gasteiger partial charge in [0.05, 0.1) is 0 Å². The van der Waals surface area contributed by atoms with Crippen molar-refractivity contribution in [1.82, 2.24) is 15.5 Å². The van der Waals surface area contributed by atoms with Crippen molar-refractivity contribution in [3.63, 3.8) is 0 Å². The number of para-hydroxylation sites is 1. The minimum atomic E-state index is -0.754. The summed E-state index contributed by atoms with van der Waals surface area (Å²) >= 11 is 0. The lowest BCUT2D eigenvalue weighted by Crippen LogP contribution is -2.54. The molecule has 7 nitrogen and oxygen atoms in total. The smallest absolute Gasteiger partial charge is 0.252 e. The third kappa shape index (κ3) is 4.78. The van der Waals surface area contributed by atoms with Crippen LogP contribution >= 0.6 is 0 Å². The Morgan fingerprint density at radius 1 is 1.11 bits per heavy atom. The van der Waals surface area contributed by atoms with Crippen LogP contribution in [0.3, 0.4) is 0 Å². The number of carbonyl (C=O) groups is 2. The van der Waals surface area contributed by atoms with E-state index in [-0.39, 0.29) is 11.8 Å². The molecule has 2 N–H and O–H groups in total. The van der Waals surface area contributed by atoms with Crippen LogP contribution in [0, 0.1) is 0 Å². The molecule has 2 aliphatic heterocycles. The van der Waals surface area contributed by atoms with Gasteiger partial charge in [0.1, 0.15) is 5.60 Å². The van der Waals surface area contributed by atoms with Gasteiger partial charge in [0.2, 0.25) is 5.91 Å². The summed E-state index contributed by atoms with van der Waals surface area (Å²) in [5.74, 6) is -0.00649. The molecule has 0 spiro atoms. The molecule has 0 radical (unpaired) electrons. The van der Waals surface area contributed by atoms with Gasteiger partial charge in [-0.2, -0.15) is 0 Å². The molecular weight excluding hydrogens is 344 g/mol. The quantitative estimate of drug-likeness (QED) is 0.763. The highest BCUT2D eigenvalue weighted by molar-refractivity contribution is 5.86. The van der Waals surface area contributed by atoms with Gasteiger partial charge in [-0.15, -0.1) is 0 Å². The number of methoxy groups -OCH3 is 1. The van der Waals surface area contributed by atoms with Gasteiger partial charge in [-0.05, 0) is 38.1 Å². The molecule has 0 atom stereocenters. The number of benzene rings is 1. The van der Waals surface area contributed by atoms with Crippen molar-refractivity contribution in [2.75, 3.05) is 57.8 Å². The first-order valence-electron chi connectivity index (χ1n) is 9.76. The zero-order valence-electron chi connectivity index (χ0n) is 16.1. The zero-order valence-corrected chi connectivity index (χ0v) is 16.1. The van der Waals surface area contributed by atoms with Crippen LogP contribution in [-0.4, -0.2) is 75.2 Å². The van der Waals surface area contributed by atoms with Gasteiger partial charge in [0, 0.05) is 51.9 Å². The minimum Gasteiger partial charge on any atom is -0.368 e. The Morgan fingerprint density at radius 2 is 1.78 bits per heavy atom. The maximum atomic E-state index is 12.5. The molecule has 2 heterocycles. The fraction of sp³-hybridized carbons (Fsp3) is 0.600. The first-order chi connectivity index (χ1) is 13.1. The number of piperazine rings is 1. The highest BCUT2D eigenvalue weighted by atomic mass is 16.5. The molecule has 1 aromatic carbocycles. The number of amides is 2. The van der Waals surface area contributed by atoms with Gasteiger partial charge in [-0.1, -0.05) is 18.2 Å². The standard InChI is InChI=1S/C20H30N4O3/c1-27-20(8-11-21-12-9-20)19(26)22-10-7-18(25)24-15-13-23(14-16-24)17-5-3-2-4-6-17/h2-6,21H,7-16H2,1H3,(H,22,26). The molecule has 2 amide bonds. The third-order valence-corrected chi connectivity index (χ3v) is 5.59. The number of hydrogen-bond donors (Lipinski definition) is 2. The Morgan fingerprint density at radius 3 is 2.41 bits per heavy atom. The predicted octanol–water partition coefficient (Wildman–Crippen LogP) is 0.610. The Bertz CT molecular complexity index is 623. The van der Waals surface area contributed by atoms with E-state index < -0.39 is 5.60 Å². The number of carbonyl (C=O) groups excluding carboxylic acids is 2. The molecule has 2 aliphatic rings. The average molecular weight is 374 g/mol. The predicted molar refractivity (Wildman–Crippen MR) is 105 cm³/mol. The van der Waals surface area contributed by atoms with Crippen molar-refractivity contribution in [3.05, 3.63) is 30.3 Å². The van der Waals surface area contributed by atoms with E-state index in [0.717, 1.165) is 39.3 Å². The highest BCUT2D eigenvalue weighted by Crippen LogP contribution is 2.22. The molecule has 0 aromatic heterocycles. The van der Waals surface area contributed by atoms with Gasteiger partial charge < -0.3 is 25.2 Å². The molecule has 0 aliphatic carbocycles. The average Bonchev–Trinajstić information content (AvgIpc) is 2.74. The largest absolute Gasteiger partial charge is 0.368 e. The molecule has 0 bridgehead atoms. The topological polar surface area (TPSA) is 73.9 Å². The van der Waals surface area contributed by atoms with Crippen molar-refractivity contribution in [2.24, 2.45) is 0 Å². The fourth-order valence-corrected chi connectivity index (χ4v) is 3.81. The van der Waals surface area contributed by atoms with E-state index in [4.69, 9.17) is 4.74 Å². The Labute approximate surface area is 161 Å². The molecule has 2 saturated heterocycles. The van der Waals surface area contributed by atoms with Crippen LogP contribution in [0.15, 0.2) is 30.3 Å². The molecule has 7 heteroatoms. The normalized spacial score (nSPS) is 19.6. The number of nitrogens with one attached hydrogen (secondary N) is 2. The van der Waals surface area contributed by atoms with E-state index in [1.54, 1.807) is 7.11 Å². The summed E-state index contributed by atoms with van der Waals surface area (Å²) in [4.78, 5) is 29.2. The maximum absolute atomic E-state index is 12.5. The van der Waals surface area contributed by atoms with Crippen LogP contribution in [0.4, 0.5) is 5.69 Å². The van der Waals surface area contributed by atoms with Crippen LogP contribution in [0.25, 0.3) is 0 Å². The van der Waals surface area contributed by atoms with E-state index in [1.807, 2.05) is 23.1 Å². The van der Waals surface area contributed by atoms with Crippen molar-refractivity contribution in [3.8, 4) is 0 Å². The number of piperidine rings is 1. The van der Waals surface area contributed by atoms with Crippen LogP contribution in [0.1, 0.15) is 19.3 Å². The second-order valence-electron chi connectivity index (χ2n) is 7.16. The molecular formula is C20H30N4O3. The molecule has 3 rings (SSSR count). The van der Waals surface area contributed by atoms with Gasteiger partial charge in [-0.3, -0.25) is 9.59 Å². The van der Waals surface area contributed by atoms with E-state index in [2.05, 4.69) is 27.7 Å². The molecule has 0 saturated carbocycles. The minimum absolute atomic E-state index is 0.0970. The van der Waals surface area contributed by atoms with Crippen molar-refractivity contribution in [2.45, 2.75) is 24.9 Å². The molecule has 2 fully saturated rings. The van der Waals surface area contributed by atoms with Gasteiger partial charge in [-0.25, -0.2) is 0 Å². The molecule has 1 aromatic rings. The summed E-state index contributed by atoms with van der Waals surface area (Å²) in [5.41, 5.74) is 0.444. The number of ether oxygens (including phenoxy) is 1. The number of anilines is 1. The second kappa shape index (κ2) is 9.19. The lowest BCUT2D eigenvalue weighted by Gasteiger charge is -2.36. The van der Waals surface area contributed by atoms with Gasteiger partial charge in [0.25, 0.3) is 5.91 Å². The Hall–Kier alpha value is -2.12. The Balaban J connectivity index is 1.40. The van der Waals surface area contributed by atoms with E-state index in [1.165, 1.54) is 5.69 Å². The first kappa shape index (κ1) is 19.6. The van der Waals surface area contributed by atoms with Crippen LogP contribution in [-0.2, 0) is 14.3 Å². The first-order valence-corrected chi connectivity index (χ1v) is 9.76. The SMILES string of the molecule is COC1(C(=O)NCCC(=O)N2CCN(c3ccccc3)CC2)CCNCC1. The summed E-state index contributed by atoms with van der Waals surface area (Å²) in [7, 11) is 1.59. The Kier molecular flexibility index (Phi) is 6.68. The number of hydrogen-bond acceptors (Lipinski definition) is 5. The third-order valence-electron chi connectivity index (χ3n) is 5.59. The van der Waals surface area contributed by atoms with Crippen LogP contribution in [0.5, 0.6) is 0 Å². The molecule has 148 valence electrons. The fourth-order valence-electron chi connectivity index (χ4n) is 3.81. The maximum Gasteiger partial charge on any atom is 0.252 e. The van der Waals surface area contributed by atoms with Gasteiger partial charge >= 0.3 is 0 Å². The van der Waals surface area contributed by atoms with E-state index in [0.29, 0.717) is 25.8 Å². The van der Waals surface area contributed by atoms with E-state index >= 15 is 0 Å². The van der Waals surface area contributed by atoms with Gasteiger partial charge in [0.15, 0.2) is 0 Å². The second-order valence-corrected chi connectivity index (χ2v) is 7.16. The molecule has 0 unspecified atom stereocenters. The van der Waals surface area contributed by atoms with Crippen LogP contribution < -0.4 is 15.5 Å². The molecule has 27 heavy (non-hydrogen) atoms. The van der Waals surface area contributed by atoms with E-state index in [9.17, 15) is 9.59 Å². The van der Waals surface area contributed by atoms with Crippen molar-refractivity contribution >= 4 is 17.5 Å². The summed E-state index contributed by atoms with van der Waals surface area (Å²) in [6.07, 6.45) is 1.64. The number of rotatable bonds is 6. The highest BCUT2D eigenvalue weighted by Gasteiger charge is 2.39. The number of nitrogens with zero attached hydrogens (tertiary/aromatic N) is 2. The lowest BCUT2D eigenvalue weighted by molar-refractivity contribution is -0.146. The van der Waals surface area contributed by atoms with Crippen molar-refractivity contribution in [1.29, 1.82) is 0 Å². The lowest BCUT2D eigenvalue weighted by atomic mass is 9.91. The summed E-state index contributed by atoms with van der Waals surface area (Å²) < 4.78 is 5.52. The van der Waals surface area contributed by atoms with Crippen molar-refractivity contribution < 1.29 is 14.3 Å². The summed E-state index contributed by atoms with van der Waals surface area (Å²) in [6, 6.07) is 10.3. The summed E-state index contributed by atoms with van der Waals surface area (Å²) in [6.45, 7) is 5.00. The zero-order chi connectivity index (χ0) is 19.1. The van der Waals surface area contributed by atoms with Crippen LogP contribution in [0.2, 0.25) is 0 Å².